The van der Waals surface area contributed by atoms with Crippen molar-refractivity contribution in [1.82, 2.24) is 5.32 Å². The molecule has 9 heteroatoms. The monoisotopic (exact) mass is 379 g/mol. The Bertz CT molecular complexity index is 801. The molecule has 1 aromatic carbocycles. The van der Waals surface area contributed by atoms with E-state index in [0.29, 0.717) is 11.3 Å². The number of carbonyl (C=O) groups excluding carboxylic acids is 3. The van der Waals surface area contributed by atoms with Crippen molar-refractivity contribution in [2.75, 3.05) is 20.8 Å². The Kier molecular flexibility index (Phi) is 5.94. The number of ketones is 1. The number of hydrogen-bond donors (Lipinski definition) is 1. The number of nitrogens with one attached hydrogen (secondary N) is 1. The average molecular weight is 379 g/mol. The third-order valence-electron chi connectivity index (χ3n) is 3.81. The predicted octanol–water partition coefficient (Wildman–Crippen LogP) is 2.00. The van der Waals surface area contributed by atoms with Crippen LogP contribution in [0, 0.1) is 0 Å². The van der Waals surface area contributed by atoms with Gasteiger partial charge in [-0.2, -0.15) is 0 Å². The minimum atomic E-state index is -1.63. The van der Waals surface area contributed by atoms with Crippen molar-refractivity contribution >= 4 is 17.8 Å². The number of esters is 1. The summed E-state index contributed by atoms with van der Waals surface area (Å²) in [6.45, 7) is 4.32. The minimum Gasteiger partial charge on any atom is -0.493 e. The summed E-state index contributed by atoms with van der Waals surface area (Å²) in [5.41, 5.74) is -1.29. The molecule has 1 aromatic rings. The van der Waals surface area contributed by atoms with E-state index in [4.69, 9.17) is 23.7 Å². The molecule has 0 saturated heterocycles. The number of Topliss-reactive ketones (excluding diaryl/α,β-unsaturated/α-hetero) is 1. The molecular formula is C18H21NO8. The molecule has 1 heterocycles. The van der Waals surface area contributed by atoms with Crippen LogP contribution in [-0.4, -0.2) is 38.7 Å². The van der Waals surface area contributed by atoms with Crippen LogP contribution in [0.1, 0.15) is 26.3 Å². The van der Waals surface area contributed by atoms with Gasteiger partial charge in [-0.3, -0.25) is 14.9 Å². The van der Waals surface area contributed by atoms with Gasteiger partial charge in [0.25, 0.3) is 5.78 Å². The highest BCUT2D eigenvalue weighted by Crippen LogP contribution is 2.45. The van der Waals surface area contributed by atoms with Crippen molar-refractivity contribution in [2.45, 2.75) is 26.4 Å². The SMILES string of the molecule is CCOC(=O)NC1=C(OC(C)=O)C(=O)C(C)(c2cccc(OC)c2OC)O1. The third-order valence-corrected chi connectivity index (χ3v) is 3.81. The topological polar surface area (TPSA) is 109 Å². The number of methoxy groups -OCH3 is 2. The maximum absolute atomic E-state index is 13.0. The molecule has 0 saturated carbocycles. The fraction of sp³-hybridized carbons (Fsp3) is 0.389. The van der Waals surface area contributed by atoms with Crippen LogP contribution >= 0.6 is 0 Å². The van der Waals surface area contributed by atoms with E-state index in [9.17, 15) is 14.4 Å². The van der Waals surface area contributed by atoms with Gasteiger partial charge in [-0.1, -0.05) is 12.1 Å². The van der Waals surface area contributed by atoms with Crippen molar-refractivity contribution in [2.24, 2.45) is 0 Å². The number of rotatable bonds is 6. The lowest BCUT2D eigenvalue weighted by atomic mass is 9.90. The largest absolute Gasteiger partial charge is 0.493 e. The zero-order valence-corrected chi connectivity index (χ0v) is 15.7. The zero-order chi connectivity index (χ0) is 20.2. The molecule has 1 amide bonds. The standard InChI is InChI=1S/C18H21NO8/c1-6-25-17(22)19-16-14(26-10(2)20)15(21)18(3,27-16)11-8-7-9-12(23-4)13(11)24-5/h7-9H,6H2,1-5H3,(H,19,22). The van der Waals surface area contributed by atoms with Crippen molar-refractivity contribution in [3.8, 4) is 11.5 Å². The number of carbonyl (C=O) groups is 3. The van der Waals surface area contributed by atoms with E-state index in [2.05, 4.69) is 5.32 Å². The molecule has 1 aliphatic rings. The van der Waals surface area contributed by atoms with Crippen molar-refractivity contribution in [3.63, 3.8) is 0 Å². The molecular weight excluding hydrogens is 358 g/mol. The predicted molar refractivity (Wildman–Crippen MR) is 91.9 cm³/mol. The molecule has 0 radical (unpaired) electrons. The molecule has 1 atom stereocenters. The van der Waals surface area contributed by atoms with Gasteiger partial charge in [-0.05, 0) is 19.9 Å². The van der Waals surface area contributed by atoms with Gasteiger partial charge in [0.1, 0.15) is 0 Å². The van der Waals surface area contributed by atoms with E-state index in [1.807, 2.05) is 0 Å². The van der Waals surface area contributed by atoms with E-state index in [-0.39, 0.29) is 18.2 Å². The second-order valence-corrected chi connectivity index (χ2v) is 5.60. The van der Waals surface area contributed by atoms with Gasteiger partial charge in [0.05, 0.1) is 20.8 Å². The Balaban J connectivity index is 2.50. The van der Waals surface area contributed by atoms with Crippen LogP contribution in [0.2, 0.25) is 0 Å². The molecule has 1 aliphatic heterocycles. The van der Waals surface area contributed by atoms with E-state index >= 15 is 0 Å². The van der Waals surface area contributed by atoms with Gasteiger partial charge >= 0.3 is 12.1 Å². The number of alkyl carbamates (subject to hydrolysis) is 1. The van der Waals surface area contributed by atoms with Crippen LogP contribution in [0.25, 0.3) is 0 Å². The summed E-state index contributed by atoms with van der Waals surface area (Å²) < 4.78 is 26.1. The Labute approximate surface area is 156 Å². The summed E-state index contributed by atoms with van der Waals surface area (Å²) in [6.07, 6.45) is -0.855. The summed E-state index contributed by atoms with van der Waals surface area (Å²) in [4.78, 5) is 36.2. The lowest BCUT2D eigenvalue weighted by molar-refractivity contribution is -0.142. The average Bonchev–Trinajstić information content (AvgIpc) is 2.85. The number of benzene rings is 1. The number of amides is 1. The highest BCUT2D eigenvalue weighted by Gasteiger charge is 2.51. The molecule has 146 valence electrons. The maximum Gasteiger partial charge on any atom is 0.414 e. The van der Waals surface area contributed by atoms with Crippen LogP contribution in [-0.2, 0) is 29.4 Å². The summed E-state index contributed by atoms with van der Waals surface area (Å²) in [7, 11) is 2.87. The molecule has 1 N–H and O–H groups in total. The first-order valence-electron chi connectivity index (χ1n) is 8.10. The normalized spacial score (nSPS) is 18.6. The van der Waals surface area contributed by atoms with E-state index in [1.54, 1.807) is 25.1 Å². The molecule has 0 spiro atoms. The lowest BCUT2D eigenvalue weighted by Gasteiger charge is -2.26. The van der Waals surface area contributed by atoms with Gasteiger partial charge in [0.15, 0.2) is 11.5 Å². The Morgan fingerprint density at radius 2 is 1.93 bits per heavy atom. The Hall–Kier alpha value is -3.23. The second-order valence-electron chi connectivity index (χ2n) is 5.60. The van der Waals surface area contributed by atoms with Crippen molar-refractivity contribution in [3.05, 3.63) is 35.4 Å². The number of para-hydroxylation sites is 1. The molecule has 0 aromatic heterocycles. The van der Waals surface area contributed by atoms with Crippen LogP contribution in [0.4, 0.5) is 4.79 Å². The summed E-state index contributed by atoms with van der Waals surface area (Å²) in [6, 6.07) is 4.92. The van der Waals surface area contributed by atoms with Gasteiger partial charge in [-0.15, -0.1) is 0 Å². The fourth-order valence-corrected chi connectivity index (χ4v) is 2.64. The molecule has 27 heavy (non-hydrogen) atoms. The van der Waals surface area contributed by atoms with Gasteiger partial charge in [-0.25, -0.2) is 4.79 Å². The maximum atomic E-state index is 13.0. The van der Waals surface area contributed by atoms with Crippen molar-refractivity contribution in [1.29, 1.82) is 0 Å². The van der Waals surface area contributed by atoms with Crippen LogP contribution < -0.4 is 14.8 Å². The van der Waals surface area contributed by atoms with Crippen LogP contribution in [0.3, 0.4) is 0 Å². The molecule has 1 unspecified atom stereocenters. The second kappa shape index (κ2) is 7.98. The molecule has 0 fully saturated rings. The van der Waals surface area contributed by atoms with Gasteiger partial charge in [0, 0.05) is 12.5 Å². The van der Waals surface area contributed by atoms with E-state index < -0.39 is 29.2 Å². The summed E-state index contributed by atoms with van der Waals surface area (Å²) in [5, 5.41) is 2.28. The highest BCUT2D eigenvalue weighted by atomic mass is 16.6. The quantitative estimate of drug-likeness (QED) is 0.748. The summed E-state index contributed by atoms with van der Waals surface area (Å²) >= 11 is 0. The Morgan fingerprint density at radius 1 is 1.22 bits per heavy atom. The first-order valence-corrected chi connectivity index (χ1v) is 8.10. The molecule has 0 aliphatic carbocycles. The number of hydrogen-bond acceptors (Lipinski definition) is 8. The number of ether oxygens (including phenoxy) is 5. The van der Waals surface area contributed by atoms with Gasteiger partial charge in [0.2, 0.25) is 17.2 Å². The highest BCUT2D eigenvalue weighted by molar-refractivity contribution is 6.05. The third kappa shape index (κ3) is 3.81. The lowest BCUT2D eigenvalue weighted by Crippen LogP contribution is -2.33. The van der Waals surface area contributed by atoms with Crippen LogP contribution in [0.5, 0.6) is 11.5 Å². The minimum absolute atomic E-state index is 0.108. The van der Waals surface area contributed by atoms with Crippen molar-refractivity contribution < 1.29 is 38.1 Å². The van der Waals surface area contributed by atoms with Crippen LogP contribution in [0.15, 0.2) is 29.8 Å². The first kappa shape index (κ1) is 20.1. The first-order chi connectivity index (χ1) is 12.8. The molecule has 2 rings (SSSR count). The zero-order valence-electron chi connectivity index (χ0n) is 15.7. The fourth-order valence-electron chi connectivity index (χ4n) is 2.64. The van der Waals surface area contributed by atoms with E-state index in [0.717, 1.165) is 6.92 Å². The van der Waals surface area contributed by atoms with E-state index in [1.165, 1.54) is 21.1 Å². The Morgan fingerprint density at radius 3 is 2.48 bits per heavy atom. The molecule has 9 nitrogen and oxygen atoms in total. The summed E-state index contributed by atoms with van der Waals surface area (Å²) in [5.74, 6) is -1.50. The van der Waals surface area contributed by atoms with Gasteiger partial charge < -0.3 is 23.7 Å². The molecule has 0 bridgehead atoms. The smallest absolute Gasteiger partial charge is 0.414 e.